The van der Waals surface area contributed by atoms with Crippen LogP contribution >= 0.6 is 23.2 Å². The normalized spacial score (nSPS) is 11.2. The second-order valence-corrected chi connectivity index (χ2v) is 7.02. The van der Waals surface area contributed by atoms with E-state index in [-0.39, 0.29) is 15.6 Å². The lowest BCUT2D eigenvalue weighted by Gasteiger charge is -2.23. The fourth-order valence-electron chi connectivity index (χ4n) is 1.81. The molecule has 0 aliphatic rings. The number of hydrogen-bond donors (Lipinski definition) is 1. The first-order valence-corrected chi connectivity index (χ1v) is 8.26. The summed E-state index contributed by atoms with van der Waals surface area (Å²) in [5.41, 5.74) is 0.0986. The van der Waals surface area contributed by atoms with Crippen LogP contribution in [-0.4, -0.2) is 26.0 Å². The molecular weight excluding hydrogens is 349 g/mol. The number of hydrogen-bond acceptors (Lipinski definition) is 3. The number of carbonyl (C=O) groups is 1. The molecule has 8 heteroatoms. The zero-order chi connectivity index (χ0) is 16.3. The molecule has 2 rings (SSSR count). The lowest BCUT2D eigenvalue weighted by molar-refractivity contribution is -0.135. The maximum atomic E-state index is 12.7. The number of rotatable bonds is 5. The predicted octanol–water partition coefficient (Wildman–Crippen LogP) is 3.27. The fourth-order valence-corrected chi connectivity index (χ4v) is 3.66. The highest BCUT2D eigenvalue weighted by Gasteiger charge is 2.28. The molecule has 5 nitrogen and oxygen atoms in total. The van der Waals surface area contributed by atoms with Gasteiger partial charge in [0.2, 0.25) is 0 Å². The van der Waals surface area contributed by atoms with E-state index in [1.54, 1.807) is 12.1 Å². The number of para-hydroxylation sites is 1. The Labute approximate surface area is 137 Å². The van der Waals surface area contributed by atoms with Crippen molar-refractivity contribution in [2.45, 2.75) is 4.90 Å². The third kappa shape index (κ3) is 3.52. The van der Waals surface area contributed by atoms with Gasteiger partial charge >= 0.3 is 5.97 Å². The van der Waals surface area contributed by atoms with Gasteiger partial charge in [-0.1, -0.05) is 35.3 Å². The Morgan fingerprint density at radius 3 is 2.18 bits per heavy atom. The highest BCUT2D eigenvalue weighted by Crippen LogP contribution is 2.30. The molecule has 0 aliphatic carbocycles. The first kappa shape index (κ1) is 16.6. The number of benzene rings is 2. The number of carboxylic acids is 1. The molecule has 0 bridgehead atoms. The highest BCUT2D eigenvalue weighted by atomic mass is 35.5. The van der Waals surface area contributed by atoms with Gasteiger partial charge in [-0.05, 0) is 36.4 Å². The van der Waals surface area contributed by atoms with Crippen LogP contribution in [-0.2, 0) is 14.8 Å². The fraction of sp³-hybridized carbons (Fsp3) is 0.0714. The molecule has 0 atom stereocenters. The molecule has 2 aromatic carbocycles. The Morgan fingerprint density at radius 2 is 1.64 bits per heavy atom. The van der Waals surface area contributed by atoms with Crippen LogP contribution < -0.4 is 4.31 Å². The summed E-state index contributed by atoms with van der Waals surface area (Å²) in [5.74, 6) is -1.29. The summed E-state index contributed by atoms with van der Waals surface area (Å²) in [4.78, 5) is 11.0. The molecule has 1 N–H and O–H groups in total. The predicted molar refractivity (Wildman–Crippen MR) is 85.1 cm³/mol. The van der Waals surface area contributed by atoms with E-state index in [1.807, 2.05) is 0 Å². The summed E-state index contributed by atoms with van der Waals surface area (Å²) in [6.45, 7) is -0.741. The second kappa shape index (κ2) is 6.56. The van der Waals surface area contributed by atoms with Crippen molar-refractivity contribution in [2.24, 2.45) is 0 Å². The van der Waals surface area contributed by atoms with E-state index in [0.717, 1.165) is 4.31 Å². The molecule has 0 amide bonds. The van der Waals surface area contributed by atoms with Gasteiger partial charge in [0.05, 0.1) is 15.6 Å². The van der Waals surface area contributed by atoms with Crippen LogP contribution in [0.25, 0.3) is 0 Å². The van der Waals surface area contributed by atoms with Gasteiger partial charge in [-0.25, -0.2) is 8.42 Å². The lowest BCUT2D eigenvalue weighted by Crippen LogP contribution is -2.35. The maximum absolute atomic E-state index is 12.7. The van der Waals surface area contributed by atoms with Gasteiger partial charge < -0.3 is 5.11 Å². The molecule has 0 aliphatic heterocycles. The highest BCUT2D eigenvalue weighted by molar-refractivity contribution is 7.92. The Morgan fingerprint density at radius 1 is 1.05 bits per heavy atom. The third-order valence-corrected chi connectivity index (χ3v) is 5.15. The minimum atomic E-state index is -4.08. The molecule has 22 heavy (non-hydrogen) atoms. The standard InChI is InChI=1S/C14H11Cl2NO4S/c15-10-5-7-11(8-6-10)22(20,21)17(9-14(18)19)13-4-2-1-3-12(13)16/h1-8H,9H2,(H,18,19). The SMILES string of the molecule is O=C(O)CN(c1ccccc1Cl)S(=O)(=O)c1ccc(Cl)cc1. The average molecular weight is 360 g/mol. The number of halogens is 2. The summed E-state index contributed by atoms with van der Waals surface area (Å²) in [7, 11) is -4.08. The second-order valence-electron chi connectivity index (χ2n) is 4.31. The number of aliphatic carboxylic acids is 1. The van der Waals surface area contributed by atoms with Crippen LogP contribution in [0.4, 0.5) is 5.69 Å². The van der Waals surface area contributed by atoms with E-state index in [0.29, 0.717) is 5.02 Å². The van der Waals surface area contributed by atoms with Crippen molar-refractivity contribution in [3.05, 3.63) is 58.6 Å². The average Bonchev–Trinajstić information content (AvgIpc) is 2.46. The van der Waals surface area contributed by atoms with E-state index in [2.05, 4.69) is 0 Å². The summed E-state index contributed by atoms with van der Waals surface area (Å²) in [5, 5.41) is 9.54. The number of carboxylic acid groups (broad SMARTS) is 1. The van der Waals surface area contributed by atoms with Crippen molar-refractivity contribution in [1.82, 2.24) is 0 Å². The minimum Gasteiger partial charge on any atom is -0.480 e. The van der Waals surface area contributed by atoms with Crippen molar-refractivity contribution < 1.29 is 18.3 Å². The zero-order valence-corrected chi connectivity index (χ0v) is 13.4. The molecule has 0 unspecified atom stereocenters. The van der Waals surface area contributed by atoms with Crippen molar-refractivity contribution in [3.8, 4) is 0 Å². The molecular formula is C14H11Cl2NO4S. The summed E-state index contributed by atoms with van der Waals surface area (Å²) in [6.07, 6.45) is 0. The maximum Gasteiger partial charge on any atom is 0.324 e. The van der Waals surface area contributed by atoms with Gasteiger partial charge in [-0.2, -0.15) is 0 Å². The monoisotopic (exact) mass is 359 g/mol. The molecule has 0 aromatic heterocycles. The molecule has 0 saturated carbocycles. The number of sulfonamides is 1. The van der Waals surface area contributed by atoms with Crippen LogP contribution in [0, 0.1) is 0 Å². The number of anilines is 1. The van der Waals surface area contributed by atoms with E-state index in [9.17, 15) is 13.2 Å². The van der Waals surface area contributed by atoms with Crippen molar-refractivity contribution in [3.63, 3.8) is 0 Å². The summed E-state index contributed by atoms with van der Waals surface area (Å²) < 4.78 is 26.1. The van der Waals surface area contributed by atoms with Crippen molar-refractivity contribution >= 4 is 44.9 Å². The largest absolute Gasteiger partial charge is 0.480 e. The van der Waals surface area contributed by atoms with Crippen LogP contribution in [0.2, 0.25) is 10.0 Å². The molecule has 0 radical (unpaired) electrons. The molecule has 2 aromatic rings. The van der Waals surface area contributed by atoms with E-state index < -0.39 is 22.5 Å². The quantitative estimate of drug-likeness (QED) is 0.888. The van der Waals surface area contributed by atoms with Gasteiger partial charge in [-0.3, -0.25) is 9.10 Å². The van der Waals surface area contributed by atoms with Gasteiger partial charge in [-0.15, -0.1) is 0 Å². The van der Waals surface area contributed by atoms with Crippen LogP contribution in [0.3, 0.4) is 0 Å². The van der Waals surface area contributed by atoms with Gasteiger partial charge in [0, 0.05) is 5.02 Å². The van der Waals surface area contributed by atoms with Crippen LogP contribution in [0.15, 0.2) is 53.4 Å². The topological polar surface area (TPSA) is 74.7 Å². The Bertz CT molecular complexity index is 791. The molecule has 0 heterocycles. The Balaban J connectivity index is 2.56. The third-order valence-electron chi connectivity index (χ3n) is 2.80. The molecule has 0 saturated heterocycles. The summed E-state index contributed by atoms with van der Waals surface area (Å²) in [6, 6.07) is 11.6. The molecule has 0 fully saturated rings. The first-order chi connectivity index (χ1) is 10.3. The van der Waals surface area contributed by atoms with E-state index in [4.69, 9.17) is 28.3 Å². The first-order valence-electron chi connectivity index (χ1n) is 6.07. The van der Waals surface area contributed by atoms with Crippen molar-refractivity contribution in [2.75, 3.05) is 10.8 Å². The molecule has 0 spiro atoms. The lowest BCUT2D eigenvalue weighted by atomic mass is 10.3. The Hall–Kier alpha value is -1.76. The van der Waals surface area contributed by atoms with Crippen LogP contribution in [0.5, 0.6) is 0 Å². The van der Waals surface area contributed by atoms with Gasteiger partial charge in [0.1, 0.15) is 6.54 Å². The van der Waals surface area contributed by atoms with Gasteiger partial charge in [0.25, 0.3) is 10.0 Å². The zero-order valence-electron chi connectivity index (χ0n) is 11.1. The van der Waals surface area contributed by atoms with Gasteiger partial charge in [0.15, 0.2) is 0 Å². The number of nitrogens with zero attached hydrogens (tertiary/aromatic N) is 1. The van der Waals surface area contributed by atoms with Crippen LogP contribution in [0.1, 0.15) is 0 Å². The molecule has 116 valence electrons. The smallest absolute Gasteiger partial charge is 0.324 e. The summed E-state index contributed by atoms with van der Waals surface area (Å²) >= 11 is 11.7. The van der Waals surface area contributed by atoms with Crippen molar-refractivity contribution in [1.29, 1.82) is 0 Å². The van der Waals surface area contributed by atoms with E-state index in [1.165, 1.54) is 36.4 Å². The van der Waals surface area contributed by atoms with E-state index >= 15 is 0 Å². The minimum absolute atomic E-state index is 0.0712. The Kier molecular flexibility index (Phi) is 4.95.